The maximum Gasteiger partial charge on any atom is 0.121 e. The van der Waals surface area contributed by atoms with Crippen molar-refractivity contribution < 1.29 is 8.76 Å². The van der Waals surface area contributed by atoms with Gasteiger partial charge >= 0.3 is 0 Å². The summed E-state index contributed by atoms with van der Waals surface area (Å²) >= 11 is -2.32. The molecule has 0 spiro atoms. The Morgan fingerprint density at radius 1 is 1.40 bits per heavy atom. The Morgan fingerprint density at radius 3 is 3.00 bits per heavy atom. The van der Waals surface area contributed by atoms with Gasteiger partial charge in [-0.1, -0.05) is 12.1 Å². The van der Waals surface area contributed by atoms with Crippen LogP contribution in [0.5, 0.6) is 0 Å². The van der Waals surface area contributed by atoms with E-state index in [2.05, 4.69) is 22.1 Å². The van der Waals surface area contributed by atoms with E-state index < -0.39 is 11.1 Å². The molecule has 2 atom stereocenters. The van der Waals surface area contributed by atoms with E-state index in [1.54, 1.807) is 6.20 Å². The Morgan fingerprint density at radius 2 is 2.25 bits per heavy atom. The van der Waals surface area contributed by atoms with E-state index >= 15 is 0 Å². The number of nitrogens with zero attached hydrogens (tertiary/aromatic N) is 2. The smallest absolute Gasteiger partial charge is 0.121 e. The molecule has 2 aromatic rings. The lowest BCUT2D eigenvalue weighted by Gasteiger charge is -2.34. The summed E-state index contributed by atoms with van der Waals surface area (Å²) in [6.07, 6.45) is 1.56. The molecule has 0 aliphatic carbocycles. The molecule has 2 heterocycles. The van der Waals surface area contributed by atoms with E-state index in [0.717, 1.165) is 30.7 Å². The van der Waals surface area contributed by atoms with Crippen molar-refractivity contribution in [2.45, 2.75) is 18.0 Å². The summed E-state index contributed by atoms with van der Waals surface area (Å²) in [5.41, 5.74) is 1.07. The Labute approximate surface area is 120 Å². The van der Waals surface area contributed by atoms with Crippen LogP contribution in [0.3, 0.4) is 0 Å². The van der Waals surface area contributed by atoms with Crippen LogP contribution in [0.2, 0.25) is 0 Å². The van der Waals surface area contributed by atoms with Crippen LogP contribution in [-0.2, 0) is 11.1 Å². The van der Waals surface area contributed by atoms with E-state index in [-0.39, 0.29) is 5.03 Å². The van der Waals surface area contributed by atoms with E-state index in [9.17, 15) is 8.76 Å². The summed E-state index contributed by atoms with van der Waals surface area (Å²) < 4.78 is 22.5. The van der Waals surface area contributed by atoms with Gasteiger partial charge in [0.25, 0.3) is 0 Å². The average molecular weight is 290 g/mol. The quantitative estimate of drug-likeness (QED) is 0.844. The first-order chi connectivity index (χ1) is 9.66. The standard InChI is InChI=1S/C14H17N3O2S/c1-10-9-17(8-7-15-10)13-4-2-3-12-11(13)5-6-16-14(12)20(18)19/h2-6,10,15H,7-9H2,1H3,(H,18,19)/p-1. The monoisotopic (exact) mass is 290 g/mol. The third-order valence-electron chi connectivity index (χ3n) is 3.61. The van der Waals surface area contributed by atoms with Gasteiger partial charge in [-0.25, -0.2) is 4.98 Å². The van der Waals surface area contributed by atoms with Gasteiger partial charge in [0.1, 0.15) is 5.03 Å². The highest BCUT2D eigenvalue weighted by Crippen LogP contribution is 2.29. The largest absolute Gasteiger partial charge is 0.767 e. The number of aromatic nitrogens is 1. The molecule has 1 fully saturated rings. The van der Waals surface area contributed by atoms with Crippen molar-refractivity contribution in [2.24, 2.45) is 0 Å². The summed E-state index contributed by atoms with van der Waals surface area (Å²) in [4.78, 5) is 6.26. The van der Waals surface area contributed by atoms with Crippen LogP contribution in [0.15, 0.2) is 35.5 Å². The summed E-state index contributed by atoms with van der Waals surface area (Å²) in [5, 5.41) is 5.15. The molecule has 106 valence electrons. The zero-order valence-electron chi connectivity index (χ0n) is 11.2. The molecule has 1 saturated heterocycles. The van der Waals surface area contributed by atoms with Crippen molar-refractivity contribution in [2.75, 3.05) is 24.5 Å². The predicted molar refractivity (Wildman–Crippen MR) is 78.6 cm³/mol. The molecule has 6 heteroatoms. The lowest BCUT2D eigenvalue weighted by Crippen LogP contribution is -2.49. The molecule has 0 amide bonds. The molecule has 5 nitrogen and oxygen atoms in total. The van der Waals surface area contributed by atoms with Gasteiger partial charge in [0.15, 0.2) is 0 Å². The van der Waals surface area contributed by atoms with Crippen LogP contribution in [-0.4, -0.2) is 39.4 Å². The second-order valence-electron chi connectivity index (χ2n) is 5.02. The highest BCUT2D eigenvalue weighted by molar-refractivity contribution is 7.79. The Balaban J connectivity index is 2.12. The molecule has 1 aromatic heterocycles. The molecule has 1 aliphatic rings. The van der Waals surface area contributed by atoms with Gasteiger partial charge < -0.3 is 14.8 Å². The van der Waals surface area contributed by atoms with Crippen molar-refractivity contribution >= 4 is 27.5 Å². The molecule has 3 rings (SSSR count). The third-order valence-corrected chi connectivity index (χ3v) is 4.25. The van der Waals surface area contributed by atoms with Crippen molar-refractivity contribution in [3.05, 3.63) is 30.5 Å². The van der Waals surface area contributed by atoms with Crippen LogP contribution in [0, 0.1) is 0 Å². The number of hydrogen-bond acceptors (Lipinski definition) is 5. The van der Waals surface area contributed by atoms with E-state index in [1.807, 2.05) is 24.3 Å². The molecule has 1 aromatic carbocycles. The van der Waals surface area contributed by atoms with Crippen LogP contribution in [0.4, 0.5) is 5.69 Å². The first-order valence-electron chi connectivity index (χ1n) is 6.62. The summed E-state index contributed by atoms with van der Waals surface area (Å²) in [6.45, 7) is 4.92. The van der Waals surface area contributed by atoms with Crippen LogP contribution < -0.4 is 10.2 Å². The van der Waals surface area contributed by atoms with E-state index in [1.165, 1.54) is 0 Å². The molecule has 20 heavy (non-hydrogen) atoms. The predicted octanol–water partition coefficient (Wildman–Crippen LogP) is 1.27. The minimum absolute atomic E-state index is 0.118. The summed E-state index contributed by atoms with van der Waals surface area (Å²) in [5.74, 6) is 0. The number of benzene rings is 1. The second kappa shape index (κ2) is 5.47. The second-order valence-corrected chi connectivity index (χ2v) is 5.88. The Bertz CT molecular complexity index is 662. The first-order valence-corrected chi connectivity index (χ1v) is 7.69. The molecule has 0 saturated carbocycles. The fourth-order valence-electron chi connectivity index (χ4n) is 2.72. The highest BCUT2D eigenvalue weighted by Gasteiger charge is 2.18. The zero-order valence-corrected chi connectivity index (χ0v) is 12.0. The van der Waals surface area contributed by atoms with E-state index in [4.69, 9.17) is 0 Å². The van der Waals surface area contributed by atoms with Crippen LogP contribution in [0.25, 0.3) is 10.8 Å². The average Bonchev–Trinajstić information content (AvgIpc) is 2.45. The van der Waals surface area contributed by atoms with Gasteiger partial charge in [-0.05, 0) is 30.1 Å². The van der Waals surface area contributed by atoms with Gasteiger partial charge in [-0.2, -0.15) is 0 Å². The van der Waals surface area contributed by atoms with E-state index in [0.29, 0.717) is 11.4 Å². The number of rotatable bonds is 2. The summed E-state index contributed by atoms with van der Waals surface area (Å²) in [7, 11) is 0. The third kappa shape index (κ3) is 2.42. The van der Waals surface area contributed by atoms with Crippen molar-refractivity contribution in [3.8, 4) is 0 Å². The van der Waals surface area contributed by atoms with Crippen LogP contribution >= 0.6 is 0 Å². The normalized spacial score (nSPS) is 21.1. The SMILES string of the molecule is CC1CN(c2cccc3c(S(=O)[O-])nccc23)CCN1. The lowest BCUT2D eigenvalue weighted by atomic mass is 10.1. The Hall–Kier alpha value is -1.50. The Kier molecular flexibility index (Phi) is 3.69. The summed E-state index contributed by atoms with van der Waals surface area (Å²) in [6, 6.07) is 8.05. The number of fused-ring (bicyclic) bond motifs is 1. The molecular weight excluding hydrogens is 274 g/mol. The molecule has 0 bridgehead atoms. The highest BCUT2D eigenvalue weighted by atomic mass is 32.2. The minimum atomic E-state index is -2.32. The number of hydrogen-bond donors (Lipinski definition) is 1. The fraction of sp³-hybridized carbons (Fsp3) is 0.357. The number of pyridine rings is 1. The maximum absolute atomic E-state index is 11.3. The maximum atomic E-state index is 11.3. The topological polar surface area (TPSA) is 68.3 Å². The fourth-order valence-corrected chi connectivity index (χ4v) is 3.23. The van der Waals surface area contributed by atoms with Gasteiger partial charge in [-0.15, -0.1) is 0 Å². The molecule has 2 unspecified atom stereocenters. The first kappa shape index (κ1) is 13.5. The number of anilines is 1. The zero-order chi connectivity index (χ0) is 14.1. The van der Waals surface area contributed by atoms with Crippen LogP contribution in [0.1, 0.15) is 6.92 Å². The lowest BCUT2D eigenvalue weighted by molar-refractivity contribution is 0.485. The van der Waals surface area contributed by atoms with Gasteiger partial charge in [-0.3, -0.25) is 4.21 Å². The van der Waals surface area contributed by atoms with Crippen molar-refractivity contribution in [1.82, 2.24) is 10.3 Å². The molecule has 0 radical (unpaired) electrons. The van der Waals surface area contributed by atoms with Crippen molar-refractivity contribution in [3.63, 3.8) is 0 Å². The molecule has 1 aliphatic heterocycles. The van der Waals surface area contributed by atoms with Gasteiger partial charge in [0, 0.05) is 48.3 Å². The minimum Gasteiger partial charge on any atom is -0.767 e. The van der Waals surface area contributed by atoms with Gasteiger partial charge in [0.05, 0.1) is 0 Å². The molecular formula is C14H16N3O2S-. The number of nitrogens with one attached hydrogen (secondary N) is 1. The molecule has 1 N–H and O–H groups in total. The van der Waals surface area contributed by atoms with Crippen molar-refractivity contribution in [1.29, 1.82) is 0 Å². The number of piperazine rings is 1. The van der Waals surface area contributed by atoms with Gasteiger partial charge in [0.2, 0.25) is 0 Å².